The zero-order valence-corrected chi connectivity index (χ0v) is 37.8. The second-order valence-electron chi connectivity index (χ2n) is 16.5. The van der Waals surface area contributed by atoms with Crippen LogP contribution in [0.2, 0.25) is 0 Å². The molecule has 0 saturated carbocycles. The summed E-state index contributed by atoms with van der Waals surface area (Å²) in [5, 5.41) is 9.11. The van der Waals surface area contributed by atoms with Gasteiger partial charge in [0.05, 0.1) is 26.4 Å². The van der Waals surface area contributed by atoms with Gasteiger partial charge in [-0.15, -0.1) is 0 Å². The van der Waals surface area contributed by atoms with Gasteiger partial charge in [0.25, 0.3) is 0 Å². The zero-order valence-electron chi connectivity index (χ0n) is 37.8. The fraction of sp³-hybridized carbons (Fsp3) is 0.958. The van der Waals surface area contributed by atoms with Crippen LogP contribution in [0, 0.1) is 0 Å². The largest absolute Gasteiger partial charge is 0.508 e. The van der Waals surface area contributed by atoms with Gasteiger partial charge in [-0.3, -0.25) is 4.79 Å². The molecule has 0 heterocycles. The Hall–Kier alpha value is -1.38. The summed E-state index contributed by atoms with van der Waals surface area (Å²) in [6, 6.07) is 0. The monoisotopic (exact) mass is 798 g/mol. The molecule has 56 heavy (non-hydrogen) atoms. The van der Waals surface area contributed by atoms with Crippen LogP contribution in [0.5, 0.6) is 0 Å². The van der Waals surface area contributed by atoms with Crippen molar-refractivity contribution in [2.45, 2.75) is 252 Å². The van der Waals surface area contributed by atoms with Crippen LogP contribution in [0.4, 0.5) is 4.79 Å². The Morgan fingerprint density at radius 1 is 0.446 bits per heavy atom. The van der Waals surface area contributed by atoms with Crippen molar-refractivity contribution in [3.63, 3.8) is 0 Å². The Balaban J connectivity index is 4.39. The van der Waals surface area contributed by atoms with Crippen LogP contribution in [-0.2, 0) is 23.7 Å². The van der Waals surface area contributed by atoms with Gasteiger partial charge in [0, 0.05) is 13.0 Å². The molecule has 1 N–H and O–H groups in total. The quantitative estimate of drug-likeness (QED) is 0.0481. The Morgan fingerprint density at radius 2 is 0.857 bits per heavy atom. The van der Waals surface area contributed by atoms with Gasteiger partial charge in [0.15, 0.2) is 0 Å². The molecule has 0 amide bonds. The van der Waals surface area contributed by atoms with E-state index in [-0.39, 0.29) is 24.8 Å². The Labute approximate surface area is 347 Å². The molecule has 8 heteroatoms. The Morgan fingerprint density at radius 3 is 1.36 bits per heavy atom. The normalized spacial score (nSPS) is 12.6. The summed E-state index contributed by atoms with van der Waals surface area (Å²) in [4.78, 5) is 27.7. The van der Waals surface area contributed by atoms with Gasteiger partial charge in [-0.1, -0.05) is 156 Å². The molecule has 0 radical (unpaired) electrons. The lowest BCUT2D eigenvalue weighted by molar-refractivity contribution is -0.150. The summed E-state index contributed by atoms with van der Waals surface area (Å²) in [5.41, 5.74) is 0. The molecule has 0 fully saturated rings. The van der Waals surface area contributed by atoms with Gasteiger partial charge in [0.1, 0.15) is 12.2 Å². The average molecular weight is 798 g/mol. The molecule has 2 atom stereocenters. The molecule has 0 rings (SSSR count). The van der Waals surface area contributed by atoms with Crippen LogP contribution in [0.3, 0.4) is 0 Å². The molecule has 0 bridgehead atoms. The molecule has 0 aromatic rings. The maximum absolute atomic E-state index is 12.7. The molecule has 0 saturated heterocycles. The van der Waals surface area contributed by atoms with Crippen LogP contribution in [0.25, 0.3) is 0 Å². The lowest BCUT2D eigenvalue weighted by Crippen LogP contribution is -2.30. The summed E-state index contributed by atoms with van der Waals surface area (Å²) in [6.45, 7) is 13.3. The zero-order chi connectivity index (χ0) is 41.0. The third-order valence-corrected chi connectivity index (χ3v) is 11.1. The number of ether oxygens (including phenoxy) is 4. The van der Waals surface area contributed by atoms with Crippen LogP contribution in [0.15, 0.2) is 0 Å². The molecular weight excluding hydrogens is 703 g/mol. The van der Waals surface area contributed by atoms with Crippen molar-refractivity contribution < 1.29 is 33.6 Å². The minimum atomic E-state index is -0.493. The SMILES string of the molecule is CCCCCCCCC(CCCCCC)OC(=O)CCCCCCN(CCCCCCOC(=O)OC(CCCCCC)CCCCCCCC)CCOCCO. The van der Waals surface area contributed by atoms with Crippen molar-refractivity contribution in [2.24, 2.45) is 0 Å². The highest BCUT2D eigenvalue weighted by Crippen LogP contribution is 2.19. The van der Waals surface area contributed by atoms with E-state index in [1.54, 1.807) is 0 Å². The number of aliphatic hydroxyl groups is 1. The van der Waals surface area contributed by atoms with E-state index in [9.17, 15) is 9.59 Å². The smallest absolute Gasteiger partial charge is 0.462 e. The fourth-order valence-electron chi connectivity index (χ4n) is 7.44. The van der Waals surface area contributed by atoms with Crippen molar-refractivity contribution in [1.29, 1.82) is 0 Å². The second-order valence-corrected chi connectivity index (χ2v) is 16.5. The number of nitrogens with zero attached hydrogens (tertiary/aromatic N) is 1. The number of esters is 1. The van der Waals surface area contributed by atoms with Gasteiger partial charge in [-0.2, -0.15) is 0 Å². The predicted molar refractivity (Wildman–Crippen MR) is 236 cm³/mol. The fourth-order valence-corrected chi connectivity index (χ4v) is 7.44. The van der Waals surface area contributed by atoms with Gasteiger partial charge >= 0.3 is 12.1 Å². The van der Waals surface area contributed by atoms with E-state index in [2.05, 4.69) is 32.6 Å². The predicted octanol–water partition coefficient (Wildman–Crippen LogP) is 13.7. The third kappa shape index (κ3) is 39.4. The van der Waals surface area contributed by atoms with Crippen LogP contribution in [-0.4, -0.2) is 80.4 Å². The van der Waals surface area contributed by atoms with Gasteiger partial charge < -0.3 is 29.0 Å². The summed E-state index contributed by atoms with van der Waals surface area (Å²) in [7, 11) is 0. The molecule has 0 aromatic carbocycles. The number of hydrogen-bond acceptors (Lipinski definition) is 8. The first-order valence-corrected chi connectivity index (χ1v) is 24.4. The van der Waals surface area contributed by atoms with Crippen molar-refractivity contribution in [3.8, 4) is 0 Å². The van der Waals surface area contributed by atoms with Crippen LogP contribution < -0.4 is 0 Å². The molecular formula is C48H95NO7. The average Bonchev–Trinajstić information content (AvgIpc) is 3.19. The topological polar surface area (TPSA) is 94.5 Å². The Kier molecular flexibility index (Phi) is 43.6. The van der Waals surface area contributed by atoms with Crippen LogP contribution >= 0.6 is 0 Å². The summed E-state index contributed by atoms with van der Waals surface area (Å²) >= 11 is 0. The maximum atomic E-state index is 12.7. The van der Waals surface area contributed by atoms with Crippen LogP contribution in [0.1, 0.15) is 240 Å². The van der Waals surface area contributed by atoms with Crippen molar-refractivity contribution >= 4 is 12.1 Å². The summed E-state index contributed by atoms with van der Waals surface area (Å²) < 4.78 is 22.9. The standard InChI is InChI=1S/C48H95NO7/c1-5-9-13-17-19-27-34-45(33-25-15-11-7-3)55-47(51)37-29-21-22-30-38-49(40-43-53-44-41-50)39-31-23-24-32-42-54-48(52)56-46(35-26-16-12-8-4)36-28-20-18-14-10-6-2/h45-46,50H,5-44H2,1-4H3. The lowest BCUT2D eigenvalue weighted by Gasteiger charge is -2.22. The van der Waals surface area contributed by atoms with Gasteiger partial charge in [-0.05, 0) is 90.1 Å². The number of rotatable bonds is 45. The third-order valence-electron chi connectivity index (χ3n) is 11.1. The van der Waals surface area contributed by atoms with E-state index < -0.39 is 6.16 Å². The number of aliphatic hydroxyl groups excluding tert-OH is 1. The van der Waals surface area contributed by atoms with E-state index >= 15 is 0 Å². The summed E-state index contributed by atoms with van der Waals surface area (Å²) in [5.74, 6) is -0.00748. The van der Waals surface area contributed by atoms with Crippen molar-refractivity contribution in [2.75, 3.05) is 46.1 Å². The Bertz CT molecular complexity index is 812. The van der Waals surface area contributed by atoms with Crippen molar-refractivity contribution in [3.05, 3.63) is 0 Å². The molecule has 334 valence electrons. The highest BCUT2D eigenvalue weighted by atomic mass is 16.7. The maximum Gasteiger partial charge on any atom is 0.508 e. The molecule has 0 aromatic heterocycles. The molecule has 2 unspecified atom stereocenters. The number of carbonyl (C=O) groups excluding carboxylic acids is 2. The number of carbonyl (C=O) groups is 2. The minimum Gasteiger partial charge on any atom is -0.462 e. The van der Waals surface area contributed by atoms with E-state index in [1.165, 1.54) is 109 Å². The van der Waals surface area contributed by atoms with Crippen molar-refractivity contribution in [1.82, 2.24) is 4.90 Å². The van der Waals surface area contributed by atoms with E-state index in [4.69, 9.17) is 24.1 Å². The molecule has 0 aliphatic heterocycles. The first kappa shape index (κ1) is 54.6. The second kappa shape index (κ2) is 44.7. The van der Waals surface area contributed by atoms with E-state index in [1.807, 2.05) is 0 Å². The van der Waals surface area contributed by atoms with E-state index in [0.29, 0.717) is 26.2 Å². The number of unbranched alkanes of at least 4 members (excludes halogenated alkanes) is 22. The van der Waals surface area contributed by atoms with Gasteiger partial charge in [0.2, 0.25) is 0 Å². The lowest BCUT2D eigenvalue weighted by atomic mass is 10.0. The summed E-state index contributed by atoms with van der Waals surface area (Å²) in [6.07, 6.45) is 37.0. The minimum absolute atomic E-state index is 0.00748. The molecule has 8 nitrogen and oxygen atoms in total. The number of hydrogen-bond donors (Lipinski definition) is 1. The first-order valence-electron chi connectivity index (χ1n) is 24.4. The highest BCUT2D eigenvalue weighted by Gasteiger charge is 2.16. The highest BCUT2D eigenvalue weighted by molar-refractivity contribution is 5.69. The molecule has 0 aliphatic rings. The molecule has 0 aliphatic carbocycles. The van der Waals surface area contributed by atoms with Gasteiger partial charge in [-0.25, -0.2) is 4.79 Å². The first-order chi connectivity index (χ1) is 27.5. The van der Waals surface area contributed by atoms with E-state index in [0.717, 1.165) is 116 Å². The molecule has 0 spiro atoms.